The number of aromatic hydroxyl groups is 1. The predicted molar refractivity (Wildman–Crippen MR) is 154 cm³/mol. The van der Waals surface area contributed by atoms with Crippen LogP contribution in [0.3, 0.4) is 0 Å². The average Bonchev–Trinajstić information content (AvgIpc) is 2.96. The second-order valence-corrected chi connectivity index (χ2v) is 10.1. The van der Waals surface area contributed by atoms with Crippen LogP contribution in [-0.4, -0.2) is 86.4 Å². The summed E-state index contributed by atoms with van der Waals surface area (Å²) in [7, 11) is 0. The molecule has 2 aromatic carbocycles. The Kier molecular flexibility index (Phi) is 13.5. The molecule has 234 valence electrons. The molecule has 14 heteroatoms. The highest BCUT2D eigenvalue weighted by Gasteiger charge is 2.34. The van der Waals surface area contributed by atoms with E-state index in [1.165, 1.54) is 38.1 Å². The molecule has 10 N–H and O–H groups in total. The molecule has 2 rings (SSSR count). The number of aliphatic hydroxyl groups is 2. The van der Waals surface area contributed by atoms with Crippen LogP contribution in [0.15, 0.2) is 54.6 Å². The molecule has 43 heavy (non-hydrogen) atoms. The molecule has 0 saturated carbocycles. The summed E-state index contributed by atoms with van der Waals surface area (Å²) in [5, 5.41) is 48.8. The second-order valence-electron chi connectivity index (χ2n) is 10.1. The lowest BCUT2D eigenvalue weighted by atomic mass is 10.0. The maximum atomic E-state index is 13.3. The van der Waals surface area contributed by atoms with E-state index in [1.807, 2.05) is 6.07 Å². The van der Waals surface area contributed by atoms with Crippen LogP contribution in [-0.2, 0) is 36.9 Å². The van der Waals surface area contributed by atoms with Gasteiger partial charge in [0.1, 0.15) is 23.9 Å². The van der Waals surface area contributed by atoms with Gasteiger partial charge in [0.05, 0.1) is 18.2 Å². The summed E-state index contributed by atoms with van der Waals surface area (Å²) in [5.74, 6) is -4.57. The van der Waals surface area contributed by atoms with E-state index in [4.69, 9.17) is 10.8 Å². The summed E-state index contributed by atoms with van der Waals surface area (Å²) < 4.78 is 0. The number of hydrogen-bond donors (Lipinski definition) is 9. The van der Waals surface area contributed by atoms with Crippen LogP contribution < -0.4 is 27.0 Å². The third-order valence-electron chi connectivity index (χ3n) is 6.45. The number of carbonyl (C=O) groups excluding carboxylic acids is 4. The van der Waals surface area contributed by atoms with Gasteiger partial charge in [-0.2, -0.15) is 0 Å². The molecule has 0 unspecified atom stereocenters. The van der Waals surface area contributed by atoms with E-state index in [0.29, 0.717) is 5.56 Å². The van der Waals surface area contributed by atoms with E-state index in [9.17, 15) is 39.3 Å². The smallest absolute Gasteiger partial charge is 0.303 e. The van der Waals surface area contributed by atoms with Crippen molar-refractivity contribution in [2.45, 2.75) is 76.0 Å². The molecule has 2 aromatic rings. The fourth-order valence-corrected chi connectivity index (χ4v) is 3.97. The van der Waals surface area contributed by atoms with Gasteiger partial charge in [-0.25, -0.2) is 0 Å². The van der Waals surface area contributed by atoms with Crippen LogP contribution in [0.5, 0.6) is 5.75 Å². The van der Waals surface area contributed by atoms with Crippen molar-refractivity contribution in [1.29, 1.82) is 0 Å². The van der Waals surface area contributed by atoms with Crippen molar-refractivity contribution in [3.8, 4) is 5.75 Å². The number of phenols is 1. The number of carboxylic acids is 1. The maximum Gasteiger partial charge on any atom is 0.303 e. The van der Waals surface area contributed by atoms with Crippen molar-refractivity contribution in [1.82, 2.24) is 21.3 Å². The lowest BCUT2D eigenvalue weighted by molar-refractivity contribution is -0.138. The number of rotatable bonds is 16. The van der Waals surface area contributed by atoms with E-state index < -0.39 is 66.0 Å². The van der Waals surface area contributed by atoms with Crippen LogP contribution >= 0.6 is 0 Å². The molecule has 4 amide bonds. The number of benzene rings is 2. The van der Waals surface area contributed by atoms with E-state index in [-0.39, 0.29) is 31.6 Å². The van der Waals surface area contributed by atoms with E-state index in [2.05, 4.69) is 21.3 Å². The van der Waals surface area contributed by atoms with Crippen LogP contribution in [0.4, 0.5) is 0 Å². The van der Waals surface area contributed by atoms with Gasteiger partial charge < -0.3 is 47.4 Å². The number of hydrogen-bond acceptors (Lipinski definition) is 9. The van der Waals surface area contributed by atoms with Crippen molar-refractivity contribution in [3.05, 3.63) is 65.7 Å². The number of carboxylic acid groups (broad SMARTS) is 1. The van der Waals surface area contributed by atoms with E-state index >= 15 is 0 Å². The van der Waals surface area contributed by atoms with Crippen LogP contribution in [0.2, 0.25) is 0 Å². The summed E-state index contributed by atoms with van der Waals surface area (Å²) in [6.45, 7) is 2.65. The van der Waals surface area contributed by atoms with E-state index in [1.54, 1.807) is 24.3 Å². The first-order valence-corrected chi connectivity index (χ1v) is 13.6. The first-order valence-electron chi connectivity index (χ1n) is 13.6. The predicted octanol–water partition coefficient (Wildman–Crippen LogP) is -1.34. The Hall–Kier alpha value is -4.53. The highest BCUT2D eigenvalue weighted by molar-refractivity contribution is 5.95. The van der Waals surface area contributed by atoms with Crippen molar-refractivity contribution in [2.75, 3.05) is 0 Å². The molecule has 0 spiro atoms. The zero-order valence-corrected chi connectivity index (χ0v) is 23.9. The number of nitrogens with two attached hydrogens (primary N) is 1. The van der Waals surface area contributed by atoms with Gasteiger partial charge in [0, 0.05) is 19.4 Å². The lowest BCUT2D eigenvalue weighted by Gasteiger charge is -2.28. The first-order chi connectivity index (χ1) is 20.3. The fraction of sp³-hybridized carbons (Fsp3) is 0.414. The SMILES string of the molecule is C[C@@H](O)[C@H](NC(=O)[C@H](Cc1ccc(O)cc1)NC(=O)[C@@H](N)CCC(=O)O)C(=O)N[C@H](C(=O)NCc1ccccc1)[C@@H](C)O. The Morgan fingerprint density at radius 3 is 1.86 bits per heavy atom. The highest BCUT2D eigenvalue weighted by Crippen LogP contribution is 2.12. The first kappa shape index (κ1) is 34.7. The minimum atomic E-state index is -1.60. The molecular weight excluding hydrogens is 562 g/mol. The molecule has 0 fully saturated rings. The number of carbonyl (C=O) groups is 5. The molecule has 6 atom stereocenters. The zero-order valence-electron chi connectivity index (χ0n) is 23.9. The number of aliphatic hydroxyl groups excluding tert-OH is 2. The Morgan fingerprint density at radius 1 is 0.744 bits per heavy atom. The van der Waals surface area contributed by atoms with Crippen LogP contribution in [0.1, 0.15) is 37.8 Å². The summed E-state index contributed by atoms with van der Waals surface area (Å²) in [5.41, 5.74) is 7.09. The van der Waals surface area contributed by atoms with Gasteiger partial charge in [0.15, 0.2) is 0 Å². The highest BCUT2D eigenvalue weighted by atomic mass is 16.4. The molecule has 0 aliphatic heterocycles. The van der Waals surface area contributed by atoms with Crippen molar-refractivity contribution in [2.24, 2.45) is 5.73 Å². The Bertz CT molecular complexity index is 1240. The third kappa shape index (κ3) is 11.7. The van der Waals surface area contributed by atoms with Gasteiger partial charge in [0.2, 0.25) is 23.6 Å². The summed E-state index contributed by atoms with van der Waals surface area (Å²) in [6, 6.07) is 9.09. The third-order valence-corrected chi connectivity index (χ3v) is 6.45. The van der Waals surface area contributed by atoms with E-state index in [0.717, 1.165) is 5.56 Å². The Balaban J connectivity index is 2.17. The molecular formula is C29H39N5O9. The van der Waals surface area contributed by atoms with Crippen molar-refractivity contribution >= 4 is 29.6 Å². The number of phenolic OH excluding ortho intramolecular Hbond substituents is 1. The molecule has 0 aromatic heterocycles. The molecule has 0 saturated heterocycles. The molecule has 0 radical (unpaired) electrons. The minimum absolute atomic E-state index is 0.0317. The quantitative estimate of drug-likeness (QED) is 0.110. The summed E-state index contributed by atoms with van der Waals surface area (Å²) in [6.07, 6.45) is -3.49. The molecule has 0 aliphatic rings. The van der Waals surface area contributed by atoms with Gasteiger partial charge in [-0.05, 0) is 43.5 Å². The molecule has 14 nitrogen and oxygen atoms in total. The Labute approximate surface area is 248 Å². The van der Waals surface area contributed by atoms with Gasteiger partial charge in [-0.1, -0.05) is 42.5 Å². The fourth-order valence-electron chi connectivity index (χ4n) is 3.97. The zero-order chi connectivity index (χ0) is 32.1. The number of aliphatic carboxylic acids is 1. The van der Waals surface area contributed by atoms with Gasteiger partial charge >= 0.3 is 5.97 Å². The topological polar surface area (TPSA) is 240 Å². The number of nitrogens with one attached hydrogen (secondary N) is 4. The molecule has 0 bridgehead atoms. The molecule has 0 heterocycles. The standard InChI is InChI=1S/C29H39N5O9/c1-16(35)24(28(42)31-15-19-6-4-3-5-7-19)34-29(43)25(17(2)36)33-27(41)22(14-18-8-10-20(37)11-9-18)32-26(40)21(30)12-13-23(38)39/h3-11,16-17,21-22,24-25,35-37H,12-15,30H2,1-2H3,(H,31,42)(H,32,40)(H,33,41)(H,34,43)(H,38,39)/t16-,17-,21+,22+,24+,25+/m1/s1. The molecule has 0 aliphatic carbocycles. The minimum Gasteiger partial charge on any atom is -0.508 e. The Morgan fingerprint density at radius 2 is 1.30 bits per heavy atom. The van der Waals surface area contributed by atoms with Crippen LogP contribution in [0.25, 0.3) is 0 Å². The monoisotopic (exact) mass is 601 g/mol. The normalized spacial score (nSPS) is 15.1. The van der Waals surface area contributed by atoms with Crippen LogP contribution in [0, 0.1) is 0 Å². The number of amides is 4. The van der Waals surface area contributed by atoms with Crippen molar-refractivity contribution < 1.29 is 44.4 Å². The van der Waals surface area contributed by atoms with Gasteiger partial charge in [-0.15, -0.1) is 0 Å². The van der Waals surface area contributed by atoms with Crippen molar-refractivity contribution in [3.63, 3.8) is 0 Å². The average molecular weight is 602 g/mol. The second kappa shape index (κ2) is 16.8. The van der Waals surface area contributed by atoms with Gasteiger partial charge in [-0.3, -0.25) is 24.0 Å². The lowest BCUT2D eigenvalue weighted by Crippen LogP contribution is -2.62. The summed E-state index contributed by atoms with van der Waals surface area (Å²) >= 11 is 0. The summed E-state index contributed by atoms with van der Waals surface area (Å²) in [4.78, 5) is 62.8. The van der Waals surface area contributed by atoms with Gasteiger partial charge in [0.25, 0.3) is 0 Å². The maximum absolute atomic E-state index is 13.3. The largest absolute Gasteiger partial charge is 0.508 e.